The van der Waals surface area contributed by atoms with Gasteiger partial charge in [-0.05, 0) is 0 Å². The standard InChI is InChI=1S/C15H15N2Se.HI/c1-10-9-11(2)17-14(12(3)18-15(17)16-10)13-7-5-4-6-8-13;/h4-9H,1-3H3;1H/q+1;/p-1. The Labute approximate surface area is 136 Å². The summed E-state index contributed by atoms with van der Waals surface area (Å²) in [5.41, 5.74) is 5.00. The van der Waals surface area contributed by atoms with Crippen LogP contribution in [0.15, 0.2) is 36.4 Å². The molecule has 0 fully saturated rings. The van der Waals surface area contributed by atoms with Crippen molar-refractivity contribution in [3.05, 3.63) is 52.2 Å². The Bertz CT molecular complexity index is 720. The average Bonchev–Trinajstić information content (AvgIpc) is 2.66. The summed E-state index contributed by atoms with van der Waals surface area (Å²) >= 11 is 0.349. The molecule has 2 nitrogen and oxygen atoms in total. The molecule has 2 aromatic heterocycles. The smallest absolute Gasteiger partial charge is 1.00 e. The molecule has 0 N–H and O–H groups in total. The van der Waals surface area contributed by atoms with E-state index in [0.717, 1.165) is 5.69 Å². The van der Waals surface area contributed by atoms with Gasteiger partial charge in [-0.25, -0.2) is 0 Å². The fourth-order valence-corrected chi connectivity index (χ4v) is 4.66. The summed E-state index contributed by atoms with van der Waals surface area (Å²) in [7, 11) is 0. The minimum Gasteiger partial charge on any atom is -1.00 e. The van der Waals surface area contributed by atoms with Gasteiger partial charge in [-0.1, -0.05) is 0 Å². The second-order valence-electron chi connectivity index (χ2n) is 4.53. The van der Waals surface area contributed by atoms with Crippen LogP contribution in [0.3, 0.4) is 0 Å². The van der Waals surface area contributed by atoms with E-state index in [2.05, 4.69) is 66.6 Å². The quantitative estimate of drug-likeness (QED) is 0.289. The van der Waals surface area contributed by atoms with Crippen molar-refractivity contribution in [2.24, 2.45) is 0 Å². The van der Waals surface area contributed by atoms with Crippen molar-refractivity contribution >= 4 is 19.0 Å². The number of aromatic nitrogens is 2. The fraction of sp³-hybridized carbons (Fsp3) is 0.200. The van der Waals surface area contributed by atoms with Gasteiger partial charge in [0.2, 0.25) is 0 Å². The SMILES string of the molecule is Cc1cc(C)[n+]2c(-c3ccccc3)c(C)[se]c2n1.[I-]. The first-order valence-corrected chi connectivity index (χ1v) is 7.73. The number of hydrogen-bond acceptors (Lipinski definition) is 1. The molecule has 1 aromatic carbocycles. The summed E-state index contributed by atoms with van der Waals surface area (Å²) in [4.78, 5) is 4.69. The van der Waals surface area contributed by atoms with E-state index in [1.165, 1.54) is 25.9 Å². The molecule has 0 saturated heterocycles. The van der Waals surface area contributed by atoms with Gasteiger partial charge in [-0.15, -0.1) is 0 Å². The van der Waals surface area contributed by atoms with Gasteiger partial charge in [0.1, 0.15) is 0 Å². The van der Waals surface area contributed by atoms with E-state index in [0.29, 0.717) is 14.5 Å². The van der Waals surface area contributed by atoms with E-state index in [1.807, 2.05) is 0 Å². The predicted molar refractivity (Wildman–Crippen MR) is 74.0 cm³/mol. The molecular formula is C15H15IN2Se. The van der Waals surface area contributed by atoms with Crippen molar-refractivity contribution in [1.29, 1.82) is 0 Å². The number of benzene rings is 1. The molecule has 19 heavy (non-hydrogen) atoms. The van der Waals surface area contributed by atoms with Gasteiger partial charge in [-0.2, -0.15) is 0 Å². The van der Waals surface area contributed by atoms with E-state index in [9.17, 15) is 0 Å². The second-order valence-corrected chi connectivity index (χ2v) is 7.01. The minimum atomic E-state index is 0. The molecule has 0 atom stereocenters. The van der Waals surface area contributed by atoms with E-state index < -0.39 is 0 Å². The van der Waals surface area contributed by atoms with Crippen LogP contribution in [0.5, 0.6) is 0 Å². The molecule has 3 rings (SSSR count). The van der Waals surface area contributed by atoms with Crippen LogP contribution in [0.1, 0.15) is 15.8 Å². The molecule has 0 radical (unpaired) electrons. The summed E-state index contributed by atoms with van der Waals surface area (Å²) in [5, 5.41) is 0. The summed E-state index contributed by atoms with van der Waals surface area (Å²) in [6, 6.07) is 12.8. The molecule has 0 bridgehead atoms. The number of fused-ring (bicyclic) bond motifs is 1. The first-order valence-electron chi connectivity index (χ1n) is 6.01. The zero-order valence-corrected chi connectivity index (χ0v) is 15.0. The van der Waals surface area contributed by atoms with E-state index in [-0.39, 0.29) is 24.0 Å². The average molecular weight is 429 g/mol. The Morgan fingerprint density at radius 1 is 1.05 bits per heavy atom. The van der Waals surface area contributed by atoms with Gasteiger partial charge in [-0.3, -0.25) is 0 Å². The molecule has 0 aliphatic heterocycles. The first kappa shape index (κ1) is 14.7. The molecule has 0 aliphatic carbocycles. The molecule has 0 aliphatic rings. The molecule has 0 amide bonds. The van der Waals surface area contributed by atoms with Crippen molar-refractivity contribution in [2.45, 2.75) is 20.8 Å². The van der Waals surface area contributed by atoms with Crippen molar-refractivity contribution in [3.8, 4) is 11.3 Å². The number of hydrogen-bond donors (Lipinski definition) is 0. The van der Waals surface area contributed by atoms with Crippen LogP contribution in [0.2, 0.25) is 0 Å². The maximum absolute atomic E-state index is 4.69. The van der Waals surface area contributed by atoms with E-state index >= 15 is 0 Å². The Hall–Kier alpha value is -0.711. The predicted octanol–water partition coefficient (Wildman–Crippen LogP) is -0.526. The van der Waals surface area contributed by atoms with Gasteiger partial charge >= 0.3 is 113 Å². The molecule has 0 unspecified atom stereocenters. The molecular weight excluding hydrogens is 414 g/mol. The third-order valence-electron chi connectivity index (χ3n) is 3.08. The molecule has 3 aromatic rings. The first-order chi connectivity index (χ1) is 8.66. The van der Waals surface area contributed by atoms with Crippen molar-refractivity contribution in [2.75, 3.05) is 0 Å². The van der Waals surface area contributed by atoms with Gasteiger partial charge in [0, 0.05) is 0 Å². The Kier molecular flexibility index (Phi) is 4.43. The molecule has 2 heterocycles. The van der Waals surface area contributed by atoms with Crippen molar-refractivity contribution in [1.82, 2.24) is 4.98 Å². The minimum absolute atomic E-state index is 0. The normalized spacial score (nSPS) is 10.5. The Morgan fingerprint density at radius 2 is 1.74 bits per heavy atom. The zero-order chi connectivity index (χ0) is 12.7. The second kappa shape index (κ2) is 5.73. The van der Waals surface area contributed by atoms with Crippen molar-refractivity contribution in [3.63, 3.8) is 0 Å². The van der Waals surface area contributed by atoms with Crippen LogP contribution >= 0.6 is 0 Å². The molecule has 0 saturated carbocycles. The van der Waals surface area contributed by atoms with Crippen LogP contribution < -0.4 is 28.4 Å². The topological polar surface area (TPSA) is 17.0 Å². The van der Waals surface area contributed by atoms with E-state index in [1.54, 1.807) is 0 Å². The van der Waals surface area contributed by atoms with Crippen LogP contribution in [0, 0.1) is 20.8 Å². The number of aryl methyl sites for hydroxylation is 3. The van der Waals surface area contributed by atoms with E-state index in [4.69, 9.17) is 0 Å². The van der Waals surface area contributed by atoms with Crippen LogP contribution in [0.25, 0.3) is 15.8 Å². The summed E-state index contributed by atoms with van der Waals surface area (Å²) in [6.45, 7) is 6.46. The third-order valence-corrected chi connectivity index (χ3v) is 5.09. The maximum Gasteiger partial charge on any atom is -1.00 e. The van der Waals surface area contributed by atoms with Gasteiger partial charge in [0.25, 0.3) is 0 Å². The maximum atomic E-state index is 4.69. The van der Waals surface area contributed by atoms with Gasteiger partial charge in [0.05, 0.1) is 0 Å². The fourth-order valence-electron chi connectivity index (χ4n) is 2.36. The Morgan fingerprint density at radius 3 is 2.42 bits per heavy atom. The Balaban J connectivity index is 0.00000133. The summed E-state index contributed by atoms with van der Waals surface area (Å²) in [5.74, 6) is 0. The third kappa shape index (κ3) is 2.62. The summed E-state index contributed by atoms with van der Waals surface area (Å²) < 4.78 is 4.99. The zero-order valence-electron chi connectivity index (χ0n) is 11.1. The van der Waals surface area contributed by atoms with Crippen LogP contribution in [0.4, 0.5) is 0 Å². The van der Waals surface area contributed by atoms with Gasteiger partial charge in [0.15, 0.2) is 0 Å². The molecule has 4 heteroatoms. The number of rotatable bonds is 1. The molecule has 98 valence electrons. The van der Waals surface area contributed by atoms with Crippen molar-refractivity contribution < 1.29 is 28.4 Å². The monoisotopic (exact) mass is 430 g/mol. The van der Waals surface area contributed by atoms with Crippen LogP contribution in [-0.4, -0.2) is 19.5 Å². The summed E-state index contributed by atoms with van der Waals surface area (Å²) in [6.07, 6.45) is 0. The number of halogens is 1. The molecule has 0 spiro atoms. The number of nitrogens with zero attached hydrogens (tertiary/aromatic N) is 2. The van der Waals surface area contributed by atoms with Gasteiger partial charge < -0.3 is 24.0 Å². The van der Waals surface area contributed by atoms with Crippen LogP contribution in [-0.2, 0) is 0 Å². The largest absolute Gasteiger partial charge is 1.00 e.